The molecule has 0 amide bonds. The molecule has 3 aromatic rings. The summed E-state index contributed by atoms with van der Waals surface area (Å²) in [6.07, 6.45) is 1.68. The SMILES string of the molecule is COc1ccc(CN(C)Cn2nc3ccccn3c2=O)cc1F. The van der Waals surface area contributed by atoms with Gasteiger partial charge >= 0.3 is 5.69 Å². The predicted octanol–water partition coefficient (Wildman–Crippen LogP) is 1.73. The molecule has 0 saturated heterocycles. The Labute approximate surface area is 132 Å². The Balaban J connectivity index is 1.76. The molecule has 0 bridgehead atoms. The van der Waals surface area contributed by atoms with Crippen LogP contribution in [0.5, 0.6) is 5.75 Å². The largest absolute Gasteiger partial charge is 0.494 e. The van der Waals surface area contributed by atoms with Gasteiger partial charge in [0, 0.05) is 12.7 Å². The molecular weight excluding hydrogens is 299 g/mol. The summed E-state index contributed by atoms with van der Waals surface area (Å²) >= 11 is 0. The van der Waals surface area contributed by atoms with E-state index in [0.29, 0.717) is 18.9 Å². The lowest BCUT2D eigenvalue weighted by molar-refractivity contribution is 0.242. The van der Waals surface area contributed by atoms with Crippen LogP contribution in [-0.4, -0.2) is 33.2 Å². The number of pyridine rings is 1. The molecule has 0 aliphatic carbocycles. The number of rotatable bonds is 5. The lowest BCUT2D eigenvalue weighted by atomic mass is 10.2. The van der Waals surface area contributed by atoms with E-state index in [1.54, 1.807) is 30.5 Å². The van der Waals surface area contributed by atoms with E-state index in [-0.39, 0.29) is 11.4 Å². The van der Waals surface area contributed by atoms with E-state index >= 15 is 0 Å². The summed E-state index contributed by atoms with van der Waals surface area (Å²) in [7, 11) is 3.28. The fourth-order valence-corrected chi connectivity index (χ4v) is 2.46. The fourth-order valence-electron chi connectivity index (χ4n) is 2.46. The zero-order valence-corrected chi connectivity index (χ0v) is 12.9. The second-order valence-electron chi connectivity index (χ2n) is 5.34. The van der Waals surface area contributed by atoms with Gasteiger partial charge < -0.3 is 4.74 Å². The molecule has 7 heteroatoms. The van der Waals surface area contributed by atoms with Crippen LogP contribution in [0.3, 0.4) is 0 Å². The molecule has 120 valence electrons. The maximum Gasteiger partial charge on any atom is 0.351 e. The number of methoxy groups -OCH3 is 1. The summed E-state index contributed by atoms with van der Waals surface area (Å²) in [5.41, 5.74) is 1.19. The first-order valence-corrected chi connectivity index (χ1v) is 7.13. The quantitative estimate of drug-likeness (QED) is 0.719. The van der Waals surface area contributed by atoms with Gasteiger partial charge in [-0.15, -0.1) is 5.10 Å². The number of nitrogens with zero attached hydrogens (tertiary/aromatic N) is 4. The predicted molar refractivity (Wildman–Crippen MR) is 83.9 cm³/mol. The normalized spacial score (nSPS) is 11.3. The van der Waals surface area contributed by atoms with Gasteiger partial charge in [0.2, 0.25) is 0 Å². The Morgan fingerprint density at radius 3 is 2.83 bits per heavy atom. The highest BCUT2D eigenvalue weighted by atomic mass is 19.1. The molecule has 2 aromatic heterocycles. The smallest absolute Gasteiger partial charge is 0.351 e. The van der Waals surface area contributed by atoms with Crippen molar-refractivity contribution in [2.75, 3.05) is 14.2 Å². The molecule has 6 nitrogen and oxygen atoms in total. The van der Waals surface area contributed by atoms with Crippen molar-refractivity contribution in [1.29, 1.82) is 0 Å². The molecule has 0 fully saturated rings. The number of halogens is 1. The average molecular weight is 316 g/mol. The minimum atomic E-state index is -0.400. The van der Waals surface area contributed by atoms with E-state index in [1.165, 1.54) is 22.3 Å². The second kappa shape index (κ2) is 6.21. The number of hydrogen-bond donors (Lipinski definition) is 0. The van der Waals surface area contributed by atoms with Crippen LogP contribution in [0.1, 0.15) is 5.56 Å². The first-order chi connectivity index (χ1) is 11.1. The summed E-state index contributed by atoms with van der Waals surface area (Å²) in [5.74, 6) is -0.184. The Bertz CT molecular complexity index is 887. The van der Waals surface area contributed by atoms with Gasteiger partial charge in [0.1, 0.15) is 0 Å². The first kappa shape index (κ1) is 15.2. The summed E-state index contributed by atoms with van der Waals surface area (Å²) in [6.45, 7) is 0.801. The molecule has 3 rings (SSSR count). The lowest BCUT2D eigenvalue weighted by Gasteiger charge is -2.16. The van der Waals surface area contributed by atoms with E-state index in [2.05, 4.69) is 5.10 Å². The summed E-state index contributed by atoms with van der Waals surface area (Å²) in [5, 5.41) is 4.27. The molecule has 0 aliphatic heterocycles. The number of benzene rings is 1. The van der Waals surface area contributed by atoms with Gasteiger partial charge in [-0.25, -0.2) is 9.18 Å². The highest BCUT2D eigenvalue weighted by molar-refractivity contribution is 5.35. The van der Waals surface area contributed by atoms with E-state index < -0.39 is 5.82 Å². The molecule has 0 N–H and O–H groups in total. The standard InChI is InChI=1S/C16H17FN4O2/c1-19(10-12-6-7-14(23-2)13(17)9-12)11-21-16(22)20-8-4-3-5-15(20)18-21/h3-9H,10-11H2,1-2H3. The Kier molecular flexibility index (Phi) is 4.12. The molecule has 2 heterocycles. The number of ether oxygens (including phenoxy) is 1. The Morgan fingerprint density at radius 2 is 2.13 bits per heavy atom. The number of aromatic nitrogens is 3. The lowest BCUT2D eigenvalue weighted by Crippen LogP contribution is -2.30. The molecular formula is C16H17FN4O2. The molecule has 0 spiro atoms. The van der Waals surface area contributed by atoms with Crippen molar-refractivity contribution in [2.45, 2.75) is 13.2 Å². The summed E-state index contributed by atoms with van der Waals surface area (Å²) in [6, 6.07) is 10.2. The molecule has 0 atom stereocenters. The minimum Gasteiger partial charge on any atom is -0.494 e. The third kappa shape index (κ3) is 3.09. The van der Waals surface area contributed by atoms with Crippen LogP contribution >= 0.6 is 0 Å². The Hall–Kier alpha value is -2.67. The maximum absolute atomic E-state index is 13.7. The molecule has 0 aliphatic rings. The molecule has 23 heavy (non-hydrogen) atoms. The van der Waals surface area contributed by atoms with Gasteiger partial charge in [-0.2, -0.15) is 4.68 Å². The molecule has 0 unspecified atom stereocenters. The van der Waals surface area contributed by atoms with Crippen molar-refractivity contribution in [3.63, 3.8) is 0 Å². The zero-order valence-electron chi connectivity index (χ0n) is 12.9. The van der Waals surface area contributed by atoms with Gasteiger partial charge in [0.15, 0.2) is 17.2 Å². The van der Waals surface area contributed by atoms with Crippen LogP contribution in [0.2, 0.25) is 0 Å². The van der Waals surface area contributed by atoms with Crippen LogP contribution in [0, 0.1) is 5.82 Å². The number of fused-ring (bicyclic) bond motifs is 1. The number of hydrogen-bond acceptors (Lipinski definition) is 4. The third-order valence-corrected chi connectivity index (χ3v) is 3.53. The van der Waals surface area contributed by atoms with Crippen LogP contribution < -0.4 is 10.4 Å². The monoisotopic (exact) mass is 316 g/mol. The van der Waals surface area contributed by atoms with Crippen molar-refractivity contribution >= 4 is 5.65 Å². The Morgan fingerprint density at radius 1 is 1.30 bits per heavy atom. The maximum atomic E-state index is 13.7. The fraction of sp³-hybridized carbons (Fsp3) is 0.250. The van der Waals surface area contributed by atoms with Gasteiger partial charge in [0.25, 0.3) is 0 Å². The molecule has 0 radical (unpaired) electrons. The van der Waals surface area contributed by atoms with E-state index in [9.17, 15) is 9.18 Å². The van der Waals surface area contributed by atoms with Crippen molar-refractivity contribution in [2.24, 2.45) is 0 Å². The van der Waals surface area contributed by atoms with Crippen LogP contribution in [0.15, 0.2) is 47.4 Å². The van der Waals surface area contributed by atoms with E-state index in [0.717, 1.165) is 5.56 Å². The second-order valence-corrected chi connectivity index (χ2v) is 5.34. The highest BCUT2D eigenvalue weighted by Gasteiger charge is 2.10. The van der Waals surface area contributed by atoms with Crippen molar-refractivity contribution < 1.29 is 9.13 Å². The topological polar surface area (TPSA) is 51.8 Å². The molecule has 1 aromatic carbocycles. The summed E-state index contributed by atoms with van der Waals surface area (Å²) in [4.78, 5) is 14.1. The summed E-state index contributed by atoms with van der Waals surface area (Å²) < 4.78 is 21.5. The van der Waals surface area contributed by atoms with E-state index in [4.69, 9.17) is 4.74 Å². The van der Waals surface area contributed by atoms with Crippen molar-refractivity contribution in [3.05, 3.63) is 64.5 Å². The average Bonchev–Trinajstić information content (AvgIpc) is 2.84. The van der Waals surface area contributed by atoms with Crippen LogP contribution in [-0.2, 0) is 13.2 Å². The van der Waals surface area contributed by atoms with Crippen LogP contribution in [0.25, 0.3) is 5.65 Å². The van der Waals surface area contributed by atoms with Crippen molar-refractivity contribution in [3.8, 4) is 5.75 Å². The van der Waals surface area contributed by atoms with E-state index in [1.807, 2.05) is 18.0 Å². The molecule has 0 saturated carbocycles. The van der Waals surface area contributed by atoms with Gasteiger partial charge in [0.05, 0.1) is 13.8 Å². The van der Waals surface area contributed by atoms with Gasteiger partial charge in [-0.05, 0) is 36.9 Å². The highest BCUT2D eigenvalue weighted by Crippen LogP contribution is 2.18. The van der Waals surface area contributed by atoms with Gasteiger partial charge in [-0.3, -0.25) is 9.30 Å². The first-order valence-electron chi connectivity index (χ1n) is 7.13. The third-order valence-electron chi connectivity index (χ3n) is 3.53. The van der Waals surface area contributed by atoms with Crippen molar-refractivity contribution in [1.82, 2.24) is 19.1 Å². The minimum absolute atomic E-state index is 0.201. The van der Waals surface area contributed by atoms with Crippen LogP contribution in [0.4, 0.5) is 4.39 Å². The zero-order chi connectivity index (χ0) is 16.4. The van der Waals surface area contributed by atoms with Gasteiger partial charge in [-0.1, -0.05) is 12.1 Å².